The molecule has 4 rings (SSSR count). The van der Waals surface area contributed by atoms with Crippen molar-refractivity contribution in [1.82, 2.24) is 19.9 Å². The van der Waals surface area contributed by atoms with E-state index in [2.05, 4.69) is 10.1 Å². The summed E-state index contributed by atoms with van der Waals surface area (Å²) in [5.74, 6) is 0.821. The van der Waals surface area contributed by atoms with E-state index in [1.807, 2.05) is 17.5 Å². The molecule has 4 heterocycles. The average Bonchev–Trinajstić information content (AvgIpc) is 3.35. The fraction of sp³-hybridized carbons (Fsp3) is 0.529. The third kappa shape index (κ3) is 3.49. The predicted molar refractivity (Wildman–Crippen MR) is 93.3 cm³/mol. The van der Waals surface area contributed by atoms with Gasteiger partial charge >= 0.3 is 0 Å². The van der Waals surface area contributed by atoms with E-state index in [-0.39, 0.29) is 18.4 Å². The highest BCUT2D eigenvalue weighted by Crippen LogP contribution is 2.27. The molecule has 0 bridgehead atoms. The molecule has 0 radical (unpaired) electrons. The van der Waals surface area contributed by atoms with Crippen LogP contribution in [0.4, 0.5) is 0 Å². The Morgan fingerprint density at radius 1 is 1.35 bits per heavy atom. The van der Waals surface area contributed by atoms with Crippen molar-refractivity contribution in [1.29, 1.82) is 0 Å². The molecule has 2 amide bonds. The highest BCUT2D eigenvalue weighted by molar-refractivity contribution is 7.13. The number of rotatable bonds is 4. The van der Waals surface area contributed by atoms with Crippen LogP contribution in [-0.2, 0) is 14.3 Å². The first-order chi connectivity index (χ1) is 12.7. The topological polar surface area (TPSA) is 88.8 Å². The van der Waals surface area contributed by atoms with Crippen LogP contribution in [0, 0.1) is 0 Å². The van der Waals surface area contributed by atoms with Gasteiger partial charge in [-0.25, -0.2) is 0 Å². The maximum absolute atomic E-state index is 12.8. The molecule has 1 atom stereocenters. The molecular formula is C17H20N4O4S. The van der Waals surface area contributed by atoms with Crippen molar-refractivity contribution in [3.63, 3.8) is 0 Å². The summed E-state index contributed by atoms with van der Waals surface area (Å²) in [6, 6.07) is 3.42. The minimum Gasteiger partial charge on any atom is -0.377 e. The van der Waals surface area contributed by atoms with Gasteiger partial charge in [0.15, 0.2) is 0 Å². The van der Waals surface area contributed by atoms with Crippen molar-refractivity contribution in [3.8, 4) is 10.7 Å². The number of carbonyl (C=O) groups is 2. The molecule has 2 fully saturated rings. The monoisotopic (exact) mass is 376 g/mol. The summed E-state index contributed by atoms with van der Waals surface area (Å²) in [6.07, 6.45) is 2.37. The molecule has 2 aromatic heterocycles. The standard InChI is InChI=1S/C17H20N4O4S/c22-14-5-1-2-6-20(14)10-15(23)21-7-8-24-11-12(21)17-18-16(19-25-17)13-4-3-9-26-13/h3-4,9,12H,1-2,5-8,10-11H2. The molecule has 0 spiro atoms. The van der Waals surface area contributed by atoms with Crippen molar-refractivity contribution >= 4 is 23.2 Å². The van der Waals surface area contributed by atoms with Crippen LogP contribution in [0.3, 0.4) is 0 Å². The predicted octanol–water partition coefficient (Wildman–Crippen LogP) is 1.71. The lowest BCUT2D eigenvalue weighted by atomic mass is 10.1. The van der Waals surface area contributed by atoms with Gasteiger partial charge in [-0.2, -0.15) is 4.98 Å². The molecule has 2 aromatic rings. The van der Waals surface area contributed by atoms with Crippen LogP contribution < -0.4 is 0 Å². The molecular weight excluding hydrogens is 356 g/mol. The van der Waals surface area contributed by atoms with Gasteiger partial charge in [0.25, 0.3) is 5.89 Å². The molecule has 8 nitrogen and oxygen atoms in total. The second-order valence-electron chi connectivity index (χ2n) is 6.38. The minimum atomic E-state index is -0.419. The number of ether oxygens (including phenoxy) is 1. The van der Waals surface area contributed by atoms with E-state index in [1.54, 1.807) is 9.80 Å². The second-order valence-corrected chi connectivity index (χ2v) is 7.33. The Kier molecular flexibility index (Phi) is 4.98. The minimum absolute atomic E-state index is 0.0483. The Bertz CT molecular complexity index is 776. The Morgan fingerprint density at radius 3 is 3.08 bits per heavy atom. The smallest absolute Gasteiger partial charge is 0.252 e. The van der Waals surface area contributed by atoms with Gasteiger partial charge in [-0.3, -0.25) is 9.59 Å². The summed E-state index contributed by atoms with van der Waals surface area (Å²) in [7, 11) is 0. The first kappa shape index (κ1) is 17.2. The van der Waals surface area contributed by atoms with Gasteiger partial charge in [-0.15, -0.1) is 11.3 Å². The van der Waals surface area contributed by atoms with Crippen LogP contribution >= 0.6 is 11.3 Å². The first-order valence-electron chi connectivity index (χ1n) is 8.75. The van der Waals surface area contributed by atoms with Gasteiger partial charge in [0.05, 0.1) is 24.6 Å². The van der Waals surface area contributed by atoms with E-state index in [1.165, 1.54) is 11.3 Å². The molecule has 2 aliphatic rings. The quantitative estimate of drug-likeness (QED) is 0.807. The van der Waals surface area contributed by atoms with E-state index in [4.69, 9.17) is 9.26 Å². The van der Waals surface area contributed by atoms with Crippen LogP contribution in [0.2, 0.25) is 0 Å². The van der Waals surface area contributed by atoms with Gasteiger partial charge < -0.3 is 19.1 Å². The molecule has 9 heteroatoms. The van der Waals surface area contributed by atoms with Gasteiger partial charge in [0.2, 0.25) is 17.6 Å². The van der Waals surface area contributed by atoms with Crippen LogP contribution in [0.25, 0.3) is 10.7 Å². The number of amides is 2. The summed E-state index contributed by atoms with van der Waals surface area (Å²) in [5, 5.41) is 5.97. The number of hydrogen-bond acceptors (Lipinski definition) is 7. The largest absolute Gasteiger partial charge is 0.377 e. The third-order valence-electron chi connectivity index (χ3n) is 4.66. The highest BCUT2D eigenvalue weighted by atomic mass is 32.1. The number of piperidine rings is 1. The normalized spacial score (nSPS) is 21.2. The van der Waals surface area contributed by atoms with Crippen molar-refractivity contribution in [2.75, 3.05) is 32.8 Å². The summed E-state index contributed by atoms with van der Waals surface area (Å²) in [6.45, 7) is 1.96. The Labute approximate surface area is 154 Å². The fourth-order valence-electron chi connectivity index (χ4n) is 3.27. The first-order valence-corrected chi connectivity index (χ1v) is 9.63. The molecule has 26 heavy (non-hydrogen) atoms. The SMILES string of the molecule is O=C1CCCCN1CC(=O)N1CCOCC1c1nc(-c2cccs2)no1. The molecule has 0 aliphatic carbocycles. The number of nitrogens with zero attached hydrogens (tertiary/aromatic N) is 4. The molecule has 2 aliphatic heterocycles. The number of carbonyl (C=O) groups excluding carboxylic acids is 2. The summed E-state index contributed by atoms with van der Waals surface area (Å²) >= 11 is 1.53. The van der Waals surface area contributed by atoms with Gasteiger partial charge in [0, 0.05) is 19.5 Å². The number of hydrogen-bond donors (Lipinski definition) is 0. The fourth-order valence-corrected chi connectivity index (χ4v) is 3.92. The third-order valence-corrected chi connectivity index (χ3v) is 5.53. The zero-order valence-electron chi connectivity index (χ0n) is 14.3. The van der Waals surface area contributed by atoms with Crippen LogP contribution in [-0.4, -0.2) is 64.6 Å². The maximum Gasteiger partial charge on any atom is 0.252 e. The highest BCUT2D eigenvalue weighted by Gasteiger charge is 2.34. The van der Waals surface area contributed by atoms with Gasteiger partial charge in [-0.05, 0) is 24.3 Å². The lowest BCUT2D eigenvalue weighted by Gasteiger charge is -2.35. The van der Waals surface area contributed by atoms with Crippen molar-refractivity contribution in [2.24, 2.45) is 0 Å². The van der Waals surface area contributed by atoms with E-state index < -0.39 is 6.04 Å². The van der Waals surface area contributed by atoms with E-state index in [9.17, 15) is 9.59 Å². The molecule has 2 saturated heterocycles. The second kappa shape index (κ2) is 7.55. The lowest BCUT2D eigenvalue weighted by Crippen LogP contribution is -2.49. The van der Waals surface area contributed by atoms with Crippen LogP contribution in [0.15, 0.2) is 22.0 Å². The zero-order valence-corrected chi connectivity index (χ0v) is 15.1. The number of likely N-dealkylation sites (tertiary alicyclic amines) is 1. The molecule has 0 aromatic carbocycles. The molecule has 0 saturated carbocycles. The zero-order chi connectivity index (χ0) is 17.9. The Balaban J connectivity index is 1.49. The van der Waals surface area contributed by atoms with Gasteiger partial charge in [0.1, 0.15) is 6.04 Å². The molecule has 0 N–H and O–H groups in total. The van der Waals surface area contributed by atoms with Crippen molar-refractivity contribution in [3.05, 3.63) is 23.4 Å². The van der Waals surface area contributed by atoms with E-state index >= 15 is 0 Å². The summed E-state index contributed by atoms with van der Waals surface area (Å²) in [5.41, 5.74) is 0. The van der Waals surface area contributed by atoms with Gasteiger partial charge in [-0.1, -0.05) is 11.2 Å². The number of aromatic nitrogens is 2. The summed E-state index contributed by atoms with van der Waals surface area (Å²) < 4.78 is 10.9. The lowest BCUT2D eigenvalue weighted by molar-refractivity contribution is -0.148. The van der Waals surface area contributed by atoms with E-state index in [0.717, 1.165) is 17.7 Å². The van der Waals surface area contributed by atoms with Crippen LogP contribution in [0.1, 0.15) is 31.2 Å². The number of morpholine rings is 1. The molecule has 1 unspecified atom stereocenters. The number of thiophene rings is 1. The maximum atomic E-state index is 12.8. The molecule has 138 valence electrons. The van der Waals surface area contributed by atoms with Crippen LogP contribution in [0.5, 0.6) is 0 Å². The summed E-state index contributed by atoms with van der Waals surface area (Å²) in [4.78, 5) is 33.5. The Hall–Kier alpha value is -2.26. The van der Waals surface area contributed by atoms with Crippen molar-refractivity contribution < 1.29 is 18.8 Å². The average molecular weight is 376 g/mol. The Morgan fingerprint density at radius 2 is 2.27 bits per heavy atom. The van der Waals surface area contributed by atoms with Crippen molar-refractivity contribution in [2.45, 2.75) is 25.3 Å². The van der Waals surface area contributed by atoms with E-state index in [0.29, 0.717) is 44.4 Å².